The molecule has 1 aliphatic carbocycles. The van der Waals surface area contributed by atoms with Crippen molar-refractivity contribution in [3.05, 3.63) is 24.3 Å². The number of hydrogen-bond acceptors (Lipinski definition) is 4. The number of hydrogen-bond donors (Lipinski definition) is 3. The number of nitrogens with zero attached hydrogens (tertiary/aromatic N) is 1. The maximum Gasteiger partial charge on any atom is 0.239 e. The van der Waals surface area contributed by atoms with Crippen LogP contribution in [0.5, 0.6) is 0 Å². The number of carbonyl (C=O) groups is 1. The van der Waals surface area contributed by atoms with E-state index in [1.165, 1.54) is 19.3 Å². The first-order chi connectivity index (χ1) is 11.2. The van der Waals surface area contributed by atoms with Gasteiger partial charge in [0.05, 0.1) is 24.0 Å². The third-order valence-corrected chi connectivity index (χ3v) is 4.96. The van der Waals surface area contributed by atoms with Crippen LogP contribution in [0.15, 0.2) is 24.3 Å². The van der Waals surface area contributed by atoms with Gasteiger partial charge in [0.1, 0.15) is 0 Å². The van der Waals surface area contributed by atoms with Crippen molar-refractivity contribution in [2.45, 2.75) is 38.2 Å². The van der Waals surface area contributed by atoms with E-state index in [4.69, 9.17) is 0 Å². The summed E-state index contributed by atoms with van der Waals surface area (Å²) < 4.78 is 0. The van der Waals surface area contributed by atoms with Crippen molar-refractivity contribution in [2.75, 3.05) is 36.4 Å². The maximum atomic E-state index is 12.0. The molecule has 1 saturated heterocycles. The molecule has 0 unspecified atom stereocenters. The molecule has 2 fully saturated rings. The molecule has 2 aliphatic rings. The van der Waals surface area contributed by atoms with Crippen LogP contribution in [0.2, 0.25) is 0 Å². The van der Waals surface area contributed by atoms with Crippen LogP contribution in [0, 0.1) is 5.92 Å². The Morgan fingerprint density at radius 3 is 2.61 bits per heavy atom. The van der Waals surface area contributed by atoms with Crippen LogP contribution in [0.25, 0.3) is 0 Å². The molecule has 126 valence electrons. The van der Waals surface area contributed by atoms with Gasteiger partial charge in [-0.2, -0.15) is 0 Å². The zero-order valence-electron chi connectivity index (χ0n) is 13.6. The normalized spacial score (nSPS) is 19.3. The van der Waals surface area contributed by atoms with E-state index in [2.05, 4.69) is 21.6 Å². The SMILES string of the molecule is O=C(CNc1ccccc1N1CCC(O)CC1)NCC1CCC1. The van der Waals surface area contributed by atoms with Gasteiger partial charge >= 0.3 is 0 Å². The average molecular weight is 317 g/mol. The molecule has 1 aromatic rings. The zero-order chi connectivity index (χ0) is 16.1. The molecule has 1 aromatic carbocycles. The zero-order valence-corrected chi connectivity index (χ0v) is 13.6. The van der Waals surface area contributed by atoms with Gasteiger partial charge < -0.3 is 20.6 Å². The number of benzene rings is 1. The highest BCUT2D eigenvalue weighted by molar-refractivity contribution is 5.82. The van der Waals surface area contributed by atoms with Crippen molar-refractivity contribution in [3.8, 4) is 0 Å². The first-order valence-corrected chi connectivity index (χ1v) is 8.75. The number of aliphatic hydroxyl groups is 1. The summed E-state index contributed by atoms with van der Waals surface area (Å²) in [6.07, 6.45) is 5.22. The molecule has 0 spiro atoms. The summed E-state index contributed by atoms with van der Waals surface area (Å²) in [6, 6.07) is 8.09. The van der Waals surface area contributed by atoms with Crippen LogP contribution in [-0.2, 0) is 4.79 Å². The summed E-state index contributed by atoms with van der Waals surface area (Å²) in [4.78, 5) is 14.3. The van der Waals surface area contributed by atoms with Crippen molar-refractivity contribution in [3.63, 3.8) is 0 Å². The molecular formula is C18H27N3O2. The first kappa shape index (κ1) is 16.1. The molecule has 0 radical (unpaired) electrons. The Bertz CT molecular complexity index is 523. The van der Waals surface area contributed by atoms with Crippen LogP contribution in [0.1, 0.15) is 32.1 Å². The van der Waals surface area contributed by atoms with Crippen molar-refractivity contribution < 1.29 is 9.90 Å². The van der Waals surface area contributed by atoms with Gasteiger partial charge in [0, 0.05) is 19.6 Å². The van der Waals surface area contributed by atoms with Gasteiger partial charge in [0.25, 0.3) is 0 Å². The Morgan fingerprint density at radius 2 is 1.91 bits per heavy atom. The van der Waals surface area contributed by atoms with E-state index >= 15 is 0 Å². The summed E-state index contributed by atoms with van der Waals surface area (Å²) in [5.74, 6) is 0.742. The molecule has 23 heavy (non-hydrogen) atoms. The van der Waals surface area contributed by atoms with Crippen molar-refractivity contribution >= 4 is 17.3 Å². The van der Waals surface area contributed by atoms with Gasteiger partial charge in [0.15, 0.2) is 0 Å². The molecule has 1 heterocycles. The lowest BCUT2D eigenvalue weighted by molar-refractivity contribution is -0.119. The number of anilines is 2. The first-order valence-electron chi connectivity index (χ1n) is 8.75. The summed E-state index contributed by atoms with van der Waals surface area (Å²) in [6.45, 7) is 2.83. The van der Waals surface area contributed by atoms with Crippen LogP contribution in [0.3, 0.4) is 0 Å². The van der Waals surface area contributed by atoms with Gasteiger partial charge in [0.2, 0.25) is 5.91 Å². The molecule has 0 atom stereocenters. The third-order valence-electron chi connectivity index (χ3n) is 4.96. The van der Waals surface area contributed by atoms with Gasteiger partial charge in [-0.05, 0) is 43.7 Å². The lowest BCUT2D eigenvalue weighted by Gasteiger charge is -2.33. The minimum Gasteiger partial charge on any atom is -0.393 e. The van der Waals surface area contributed by atoms with E-state index in [1.54, 1.807) is 0 Å². The number of carbonyl (C=O) groups excluding carboxylic acids is 1. The predicted molar refractivity (Wildman–Crippen MR) is 92.7 cm³/mol. The van der Waals surface area contributed by atoms with Gasteiger partial charge in [-0.3, -0.25) is 4.79 Å². The summed E-state index contributed by atoms with van der Waals surface area (Å²) in [5, 5.41) is 15.9. The molecule has 1 aliphatic heterocycles. The lowest BCUT2D eigenvalue weighted by Crippen LogP contribution is -2.37. The minimum atomic E-state index is -0.177. The topological polar surface area (TPSA) is 64.6 Å². The number of piperidine rings is 1. The Morgan fingerprint density at radius 1 is 1.17 bits per heavy atom. The van der Waals surface area contributed by atoms with E-state index in [-0.39, 0.29) is 12.0 Å². The minimum absolute atomic E-state index is 0.0563. The highest BCUT2D eigenvalue weighted by atomic mass is 16.3. The standard InChI is InChI=1S/C18H27N3O2/c22-15-8-10-21(11-9-15)17-7-2-1-6-16(17)19-13-18(23)20-12-14-4-3-5-14/h1-2,6-7,14-15,19,22H,3-5,8-13H2,(H,20,23). The number of rotatable bonds is 6. The van der Waals surface area contributed by atoms with E-state index in [1.807, 2.05) is 18.2 Å². The van der Waals surface area contributed by atoms with Crippen molar-refractivity contribution in [1.29, 1.82) is 0 Å². The van der Waals surface area contributed by atoms with Crippen LogP contribution >= 0.6 is 0 Å². The molecule has 0 aromatic heterocycles. The predicted octanol–water partition coefficient (Wildman–Crippen LogP) is 1.98. The van der Waals surface area contributed by atoms with Crippen LogP contribution in [-0.4, -0.2) is 43.3 Å². The Kier molecular flexibility index (Phi) is 5.39. The van der Waals surface area contributed by atoms with Crippen LogP contribution < -0.4 is 15.5 Å². The van der Waals surface area contributed by atoms with Crippen molar-refractivity contribution in [1.82, 2.24) is 5.32 Å². The maximum absolute atomic E-state index is 12.0. The monoisotopic (exact) mass is 317 g/mol. The van der Waals surface area contributed by atoms with E-state index in [0.717, 1.165) is 43.9 Å². The molecule has 5 heteroatoms. The third kappa shape index (κ3) is 4.38. The largest absolute Gasteiger partial charge is 0.393 e. The molecular weight excluding hydrogens is 290 g/mol. The number of amides is 1. The van der Waals surface area contributed by atoms with Gasteiger partial charge in [-0.15, -0.1) is 0 Å². The average Bonchev–Trinajstić information content (AvgIpc) is 2.52. The quantitative estimate of drug-likeness (QED) is 0.751. The second kappa shape index (κ2) is 7.68. The number of nitrogens with one attached hydrogen (secondary N) is 2. The summed E-state index contributed by atoms with van der Waals surface area (Å²) in [5.41, 5.74) is 2.11. The molecule has 5 nitrogen and oxygen atoms in total. The smallest absolute Gasteiger partial charge is 0.239 e. The van der Waals surface area contributed by atoms with Gasteiger partial charge in [-0.25, -0.2) is 0 Å². The highest BCUT2D eigenvalue weighted by Gasteiger charge is 2.20. The Labute approximate surface area is 138 Å². The van der Waals surface area contributed by atoms with E-state index in [9.17, 15) is 9.90 Å². The van der Waals surface area contributed by atoms with E-state index in [0.29, 0.717) is 12.5 Å². The fraction of sp³-hybridized carbons (Fsp3) is 0.611. The molecule has 1 amide bonds. The summed E-state index contributed by atoms with van der Waals surface area (Å²) >= 11 is 0. The van der Waals surface area contributed by atoms with Crippen LogP contribution in [0.4, 0.5) is 11.4 Å². The number of para-hydroxylation sites is 2. The fourth-order valence-electron chi connectivity index (χ4n) is 3.20. The van der Waals surface area contributed by atoms with Crippen molar-refractivity contribution in [2.24, 2.45) is 5.92 Å². The molecule has 1 saturated carbocycles. The van der Waals surface area contributed by atoms with Gasteiger partial charge in [-0.1, -0.05) is 18.6 Å². The Balaban J connectivity index is 1.51. The number of aliphatic hydroxyl groups excluding tert-OH is 1. The molecule has 0 bridgehead atoms. The summed E-state index contributed by atoms with van der Waals surface area (Å²) in [7, 11) is 0. The fourth-order valence-corrected chi connectivity index (χ4v) is 3.20. The highest BCUT2D eigenvalue weighted by Crippen LogP contribution is 2.28. The molecule has 3 rings (SSSR count). The second-order valence-corrected chi connectivity index (χ2v) is 6.69. The lowest BCUT2D eigenvalue weighted by atomic mass is 9.85. The second-order valence-electron chi connectivity index (χ2n) is 6.69. The van der Waals surface area contributed by atoms with E-state index < -0.39 is 0 Å². The molecule has 3 N–H and O–H groups in total. The Hall–Kier alpha value is -1.75.